The van der Waals surface area contributed by atoms with E-state index in [0.29, 0.717) is 17.7 Å². The van der Waals surface area contributed by atoms with Crippen LogP contribution in [0.25, 0.3) is 12.2 Å². The third-order valence-electron chi connectivity index (χ3n) is 3.18. The monoisotopic (exact) mass is 290 g/mol. The van der Waals surface area contributed by atoms with Gasteiger partial charge in [-0.05, 0) is 20.9 Å². The van der Waals surface area contributed by atoms with E-state index < -0.39 is 0 Å². The topological polar surface area (TPSA) is 77.4 Å². The summed E-state index contributed by atoms with van der Waals surface area (Å²) in [5.74, 6) is 1.41. The summed E-state index contributed by atoms with van der Waals surface area (Å²) in [5.41, 5.74) is 0.827. The molecule has 112 valence electrons. The van der Waals surface area contributed by atoms with E-state index in [-0.39, 0.29) is 12.2 Å². The SMILES string of the molecule is Cc1coc(/C=C/c2nnc([C@H]3CN(C)C[C@@H](C)O3)o2)n1. The second-order valence-corrected chi connectivity index (χ2v) is 5.30. The maximum Gasteiger partial charge on any atom is 0.246 e. The van der Waals surface area contributed by atoms with E-state index in [0.717, 1.165) is 18.8 Å². The Morgan fingerprint density at radius 3 is 2.76 bits per heavy atom. The molecule has 0 spiro atoms. The number of oxazole rings is 1. The van der Waals surface area contributed by atoms with Crippen LogP contribution in [0.2, 0.25) is 0 Å². The molecule has 0 aromatic carbocycles. The van der Waals surface area contributed by atoms with Crippen molar-refractivity contribution >= 4 is 12.2 Å². The van der Waals surface area contributed by atoms with Gasteiger partial charge in [0.05, 0.1) is 11.8 Å². The Morgan fingerprint density at radius 2 is 2.05 bits per heavy atom. The van der Waals surface area contributed by atoms with Gasteiger partial charge in [0.25, 0.3) is 0 Å². The zero-order valence-electron chi connectivity index (χ0n) is 12.3. The van der Waals surface area contributed by atoms with Crippen LogP contribution in [0.15, 0.2) is 15.1 Å². The van der Waals surface area contributed by atoms with Gasteiger partial charge in [0, 0.05) is 25.2 Å². The lowest BCUT2D eigenvalue weighted by atomic mass is 10.2. The third kappa shape index (κ3) is 3.37. The molecule has 0 saturated carbocycles. The minimum atomic E-state index is -0.183. The number of aryl methyl sites for hydroxylation is 1. The Labute approximate surface area is 122 Å². The average Bonchev–Trinajstić information content (AvgIpc) is 3.04. The lowest BCUT2D eigenvalue weighted by Crippen LogP contribution is -2.40. The van der Waals surface area contributed by atoms with E-state index in [4.69, 9.17) is 13.6 Å². The first-order valence-electron chi connectivity index (χ1n) is 6.88. The van der Waals surface area contributed by atoms with Gasteiger partial charge in [0.2, 0.25) is 17.7 Å². The summed E-state index contributed by atoms with van der Waals surface area (Å²) in [4.78, 5) is 6.36. The number of ether oxygens (including phenoxy) is 1. The summed E-state index contributed by atoms with van der Waals surface area (Å²) in [6.45, 7) is 5.55. The molecule has 0 radical (unpaired) electrons. The molecule has 3 rings (SSSR count). The van der Waals surface area contributed by atoms with E-state index in [1.165, 1.54) is 0 Å². The number of morpholine rings is 1. The van der Waals surface area contributed by atoms with Gasteiger partial charge in [-0.1, -0.05) is 0 Å². The van der Waals surface area contributed by atoms with E-state index in [9.17, 15) is 0 Å². The zero-order valence-corrected chi connectivity index (χ0v) is 12.3. The Morgan fingerprint density at radius 1 is 1.24 bits per heavy atom. The number of likely N-dealkylation sites (N-methyl/N-ethyl adjacent to an activating group) is 1. The summed E-state index contributed by atoms with van der Waals surface area (Å²) in [7, 11) is 2.05. The molecule has 1 aliphatic rings. The van der Waals surface area contributed by atoms with Gasteiger partial charge in [-0.25, -0.2) is 4.98 Å². The summed E-state index contributed by atoms with van der Waals surface area (Å²) in [6.07, 6.45) is 4.93. The highest BCUT2D eigenvalue weighted by atomic mass is 16.5. The number of aromatic nitrogens is 3. The molecule has 0 N–H and O–H groups in total. The Bertz CT molecular complexity index is 624. The summed E-state index contributed by atoms with van der Waals surface area (Å²) in [6, 6.07) is 0. The quantitative estimate of drug-likeness (QED) is 0.854. The van der Waals surface area contributed by atoms with Gasteiger partial charge in [-0.15, -0.1) is 10.2 Å². The number of rotatable bonds is 3. The Kier molecular flexibility index (Phi) is 3.85. The molecule has 1 fully saturated rings. The highest BCUT2D eigenvalue weighted by Gasteiger charge is 2.28. The van der Waals surface area contributed by atoms with Gasteiger partial charge in [0.15, 0.2) is 0 Å². The second kappa shape index (κ2) is 5.79. The highest BCUT2D eigenvalue weighted by molar-refractivity contribution is 5.60. The summed E-state index contributed by atoms with van der Waals surface area (Å²) < 4.78 is 16.7. The van der Waals surface area contributed by atoms with Crippen molar-refractivity contribution in [1.82, 2.24) is 20.1 Å². The average molecular weight is 290 g/mol. The maximum atomic E-state index is 5.83. The van der Waals surface area contributed by atoms with Gasteiger partial charge in [0.1, 0.15) is 12.4 Å². The minimum absolute atomic E-state index is 0.148. The van der Waals surface area contributed by atoms with Gasteiger partial charge < -0.3 is 18.5 Å². The van der Waals surface area contributed by atoms with Crippen LogP contribution >= 0.6 is 0 Å². The van der Waals surface area contributed by atoms with Gasteiger partial charge in [-0.2, -0.15) is 0 Å². The van der Waals surface area contributed by atoms with Crippen LogP contribution in [0.4, 0.5) is 0 Å². The van der Waals surface area contributed by atoms with Crippen molar-refractivity contribution < 1.29 is 13.6 Å². The Hall–Kier alpha value is -1.99. The van der Waals surface area contributed by atoms with Crippen molar-refractivity contribution in [2.75, 3.05) is 20.1 Å². The predicted molar refractivity (Wildman–Crippen MR) is 75.3 cm³/mol. The summed E-state index contributed by atoms with van der Waals surface area (Å²) >= 11 is 0. The Balaban J connectivity index is 1.70. The molecule has 3 heterocycles. The molecular formula is C14H18N4O3. The fraction of sp³-hybridized carbons (Fsp3) is 0.500. The van der Waals surface area contributed by atoms with Crippen LogP contribution in [-0.2, 0) is 4.74 Å². The predicted octanol–water partition coefficient (Wildman–Crippen LogP) is 1.93. The second-order valence-electron chi connectivity index (χ2n) is 5.30. The first kappa shape index (κ1) is 14.0. The molecule has 1 aliphatic heterocycles. The third-order valence-corrected chi connectivity index (χ3v) is 3.18. The molecule has 0 aliphatic carbocycles. The zero-order chi connectivity index (χ0) is 14.8. The van der Waals surface area contributed by atoms with Crippen LogP contribution < -0.4 is 0 Å². The lowest BCUT2D eigenvalue weighted by Gasteiger charge is -2.32. The molecule has 2 atom stereocenters. The van der Waals surface area contributed by atoms with Crippen molar-refractivity contribution in [3.63, 3.8) is 0 Å². The molecule has 7 heteroatoms. The van der Waals surface area contributed by atoms with Crippen LogP contribution in [-0.4, -0.2) is 46.3 Å². The molecule has 21 heavy (non-hydrogen) atoms. The maximum absolute atomic E-state index is 5.83. The molecular weight excluding hydrogens is 272 g/mol. The fourth-order valence-corrected chi connectivity index (χ4v) is 2.33. The standard InChI is InChI=1S/C14H18N4O3/c1-9-8-19-12(15-9)4-5-13-16-17-14(21-13)11-7-18(3)6-10(2)20-11/h4-5,8,10-11H,6-7H2,1-3H3/b5-4+/t10-,11-/m1/s1. The van der Waals surface area contributed by atoms with Crippen molar-refractivity contribution in [2.24, 2.45) is 0 Å². The van der Waals surface area contributed by atoms with E-state index in [1.807, 2.05) is 20.9 Å². The molecule has 0 unspecified atom stereocenters. The molecule has 0 bridgehead atoms. The minimum Gasteiger partial charge on any atom is -0.445 e. The molecule has 1 saturated heterocycles. The molecule has 2 aromatic heterocycles. The van der Waals surface area contributed by atoms with E-state index >= 15 is 0 Å². The number of nitrogens with zero attached hydrogens (tertiary/aromatic N) is 4. The van der Waals surface area contributed by atoms with Crippen molar-refractivity contribution in [1.29, 1.82) is 0 Å². The van der Waals surface area contributed by atoms with Crippen LogP contribution in [0, 0.1) is 6.92 Å². The molecule has 2 aromatic rings. The van der Waals surface area contributed by atoms with Crippen molar-refractivity contribution in [3.8, 4) is 0 Å². The van der Waals surface area contributed by atoms with Gasteiger partial charge >= 0.3 is 0 Å². The van der Waals surface area contributed by atoms with Crippen molar-refractivity contribution in [3.05, 3.63) is 29.6 Å². The fourth-order valence-electron chi connectivity index (χ4n) is 2.33. The summed E-state index contributed by atoms with van der Waals surface area (Å²) in [5, 5.41) is 8.05. The van der Waals surface area contributed by atoms with Crippen molar-refractivity contribution in [2.45, 2.75) is 26.1 Å². The normalized spacial score (nSPS) is 24.0. The van der Waals surface area contributed by atoms with Gasteiger partial charge in [-0.3, -0.25) is 0 Å². The van der Waals surface area contributed by atoms with E-state index in [2.05, 4.69) is 20.1 Å². The molecule has 7 nitrogen and oxygen atoms in total. The smallest absolute Gasteiger partial charge is 0.246 e. The first-order valence-corrected chi connectivity index (χ1v) is 6.88. The number of hydrogen-bond acceptors (Lipinski definition) is 7. The highest BCUT2D eigenvalue weighted by Crippen LogP contribution is 2.23. The van der Waals surface area contributed by atoms with E-state index in [1.54, 1.807) is 18.4 Å². The van der Waals surface area contributed by atoms with Crippen LogP contribution in [0.1, 0.15) is 36.4 Å². The lowest BCUT2D eigenvalue weighted by molar-refractivity contribution is -0.0823. The largest absolute Gasteiger partial charge is 0.445 e. The first-order chi connectivity index (χ1) is 10.1. The van der Waals surface area contributed by atoms with Crippen LogP contribution in [0.3, 0.4) is 0 Å². The molecule has 0 amide bonds. The van der Waals surface area contributed by atoms with Crippen LogP contribution in [0.5, 0.6) is 0 Å². The number of hydrogen-bond donors (Lipinski definition) is 0.